The Kier molecular flexibility index (Phi) is 5.22. The Labute approximate surface area is 111 Å². The number of rotatable bonds is 5. The maximum absolute atomic E-state index is 11.9. The molecule has 0 heterocycles. The van der Waals surface area contributed by atoms with Crippen molar-refractivity contribution >= 4 is 23.6 Å². The SMILES string of the molecule is Cc1ccc(SC(C)C(=O)N(C)CC(=O)O)cc1. The van der Waals surface area contributed by atoms with Crippen molar-refractivity contribution in [2.75, 3.05) is 13.6 Å². The minimum atomic E-state index is -1.00. The maximum Gasteiger partial charge on any atom is 0.323 e. The van der Waals surface area contributed by atoms with Crippen molar-refractivity contribution in [3.63, 3.8) is 0 Å². The lowest BCUT2D eigenvalue weighted by Gasteiger charge is -2.19. The van der Waals surface area contributed by atoms with Gasteiger partial charge in [-0.2, -0.15) is 0 Å². The summed E-state index contributed by atoms with van der Waals surface area (Å²) >= 11 is 1.43. The van der Waals surface area contributed by atoms with E-state index in [0.29, 0.717) is 0 Å². The molecule has 1 aromatic rings. The monoisotopic (exact) mass is 267 g/mol. The van der Waals surface area contributed by atoms with Gasteiger partial charge in [0.25, 0.3) is 0 Å². The highest BCUT2D eigenvalue weighted by molar-refractivity contribution is 8.00. The van der Waals surface area contributed by atoms with Gasteiger partial charge in [0.2, 0.25) is 5.91 Å². The Hall–Kier alpha value is -1.49. The summed E-state index contributed by atoms with van der Waals surface area (Å²) in [5.41, 5.74) is 1.17. The van der Waals surface area contributed by atoms with E-state index in [1.807, 2.05) is 31.2 Å². The number of carbonyl (C=O) groups excluding carboxylic acids is 1. The number of amides is 1. The van der Waals surface area contributed by atoms with E-state index in [1.165, 1.54) is 29.3 Å². The van der Waals surface area contributed by atoms with Crippen molar-refractivity contribution < 1.29 is 14.7 Å². The summed E-state index contributed by atoms with van der Waals surface area (Å²) in [7, 11) is 1.50. The van der Waals surface area contributed by atoms with Crippen LogP contribution in [0.4, 0.5) is 0 Å². The molecule has 4 nitrogen and oxygen atoms in total. The summed E-state index contributed by atoms with van der Waals surface area (Å²) in [6.45, 7) is 3.52. The lowest BCUT2D eigenvalue weighted by molar-refractivity contribution is -0.143. The van der Waals surface area contributed by atoms with Crippen molar-refractivity contribution in [3.05, 3.63) is 29.8 Å². The van der Waals surface area contributed by atoms with Crippen molar-refractivity contribution in [1.29, 1.82) is 0 Å². The number of likely N-dealkylation sites (N-methyl/N-ethyl adjacent to an activating group) is 1. The van der Waals surface area contributed by atoms with Gasteiger partial charge in [0.15, 0.2) is 0 Å². The van der Waals surface area contributed by atoms with E-state index in [0.717, 1.165) is 4.90 Å². The zero-order valence-electron chi connectivity index (χ0n) is 10.7. The standard InChI is InChI=1S/C13H17NO3S/c1-9-4-6-11(7-5-9)18-10(2)13(17)14(3)8-12(15)16/h4-7,10H,8H2,1-3H3,(H,15,16). The van der Waals surface area contributed by atoms with Gasteiger partial charge in [-0.3, -0.25) is 9.59 Å². The Morgan fingerprint density at radius 1 is 1.33 bits per heavy atom. The number of hydrogen-bond acceptors (Lipinski definition) is 3. The van der Waals surface area contributed by atoms with Gasteiger partial charge in [0.05, 0.1) is 5.25 Å². The summed E-state index contributed by atoms with van der Waals surface area (Å²) in [5.74, 6) is -1.18. The highest BCUT2D eigenvalue weighted by Gasteiger charge is 2.20. The first-order chi connectivity index (χ1) is 8.40. The zero-order chi connectivity index (χ0) is 13.7. The Balaban J connectivity index is 2.59. The predicted molar refractivity (Wildman–Crippen MR) is 71.8 cm³/mol. The largest absolute Gasteiger partial charge is 0.480 e. The van der Waals surface area contributed by atoms with Gasteiger partial charge in [-0.1, -0.05) is 17.7 Å². The van der Waals surface area contributed by atoms with Crippen LogP contribution in [0.2, 0.25) is 0 Å². The molecule has 0 aromatic heterocycles. The molecule has 5 heteroatoms. The smallest absolute Gasteiger partial charge is 0.323 e. The minimum absolute atomic E-state index is 0.178. The van der Waals surface area contributed by atoms with Crippen LogP contribution in [0.25, 0.3) is 0 Å². The van der Waals surface area contributed by atoms with Gasteiger partial charge in [-0.05, 0) is 26.0 Å². The minimum Gasteiger partial charge on any atom is -0.480 e. The number of hydrogen-bond donors (Lipinski definition) is 1. The molecular weight excluding hydrogens is 250 g/mol. The average Bonchev–Trinajstić information content (AvgIpc) is 2.30. The van der Waals surface area contributed by atoms with E-state index >= 15 is 0 Å². The number of carboxylic acids is 1. The van der Waals surface area contributed by atoms with Crippen LogP contribution in [-0.4, -0.2) is 40.7 Å². The number of carboxylic acid groups (broad SMARTS) is 1. The second-order valence-electron chi connectivity index (χ2n) is 4.16. The van der Waals surface area contributed by atoms with Gasteiger partial charge in [-0.25, -0.2) is 0 Å². The van der Waals surface area contributed by atoms with E-state index in [4.69, 9.17) is 5.11 Å². The van der Waals surface area contributed by atoms with Crippen LogP contribution in [0.15, 0.2) is 29.2 Å². The average molecular weight is 267 g/mol. The van der Waals surface area contributed by atoms with E-state index in [-0.39, 0.29) is 17.7 Å². The third kappa shape index (κ3) is 4.41. The first-order valence-electron chi connectivity index (χ1n) is 5.60. The molecule has 0 saturated heterocycles. The van der Waals surface area contributed by atoms with Crippen LogP contribution in [0, 0.1) is 6.92 Å². The normalized spacial score (nSPS) is 11.9. The molecule has 0 aliphatic carbocycles. The number of carbonyl (C=O) groups is 2. The zero-order valence-corrected chi connectivity index (χ0v) is 11.5. The van der Waals surface area contributed by atoms with Crippen LogP contribution in [0.1, 0.15) is 12.5 Å². The molecule has 0 bridgehead atoms. The molecule has 0 aliphatic heterocycles. The first kappa shape index (κ1) is 14.6. The number of aliphatic carboxylic acids is 1. The van der Waals surface area contributed by atoms with E-state index in [1.54, 1.807) is 6.92 Å². The van der Waals surface area contributed by atoms with Gasteiger partial charge < -0.3 is 10.0 Å². The molecular formula is C13H17NO3S. The summed E-state index contributed by atoms with van der Waals surface area (Å²) < 4.78 is 0. The molecule has 0 saturated carbocycles. The van der Waals surface area contributed by atoms with Crippen molar-refractivity contribution in [3.8, 4) is 0 Å². The number of thioether (sulfide) groups is 1. The third-order valence-electron chi connectivity index (χ3n) is 2.43. The van der Waals surface area contributed by atoms with Crippen LogP contribution in [0.5, 0.6) is 0 Å². The van der Waals surface area contributed by atoms with Crippen LogP contribution in [-0.2, 0) is 9.59 Å². The van der Waals surface area contributed by atoms with Crippen LogP contribution >= 0.6 is 11.8 Å². The Morgan fingerprint density at radius 2 is 1.89 bits per heavy atom. The molecule has 1 atom stereocenters. The van der Waals surface area contributed by atoms with Gasteiger partial charge in [-0.15, -0.1) is 11.8 Å². The molecule has 18 heavy (non-hydrogen) atoms. The summed E-state index contributed by atoms with van der Waals surface area (Å²) in [6.07, 6.45) is 0. The second-order valence-corrected chi connectivity index (χ2v) is 5.58. The lowest BCUT2D eigenvalue weighted by atomic mass is 10.2. The molecule has 0 spiro atoms. The number of nitrogens with zero attached hydrogens (tertiary/aromatic N) is 1. The van der Waals surface area contributed by atoms with Crippen LogP contribution in [0.3, 0.4) is 0 Å². The lowest BCUT2D eigenvalue weighted by Crippen LogP contribution is -2.36. The fourth-order valence-corrected chi connectivity index (χ4v) is 2.44. The molecule has 1 N–H and O–H groups in total. The fraction of sp³-hybridized carbons (Fsp3) is 0.385. The molecule has 1 aromatic carbocycles. The molecule has 1 unspecified atom stereocenters. The molecule has 1 amide bonds. The quantitative estimate of drug-likeness (QED) is 0.829. The summed E-state index contributed by atoms with van der Waals surface area (Å²) in [4.78, 5) is 24.7. The maximum atomic E-state index is 11.9. The second kappa shape index (κ2) is 6.44. The molecule has 0 fully saturated rings. The highest BCUT2D eigenvalue weighted by atomic mass is 32.2. The Morgan fingerprint density at radius 3 is 2.39 bits per heavy atom. The molecule has 98 valence electrons. The van der Waals surface area contributed by atoms with Crippen molar-refractivity contribution in [2.24, 2.45) is 0 Å². The molecule has 0 aliphatic rings. The van der Waals surface area contributed by atoms with Gasteiger partial charge in [0.1, 0.15) is 6.54 Å². The topological polar surface area (TPSA) is 57.6 Å². The van der Waals surface area contributed by atoms with E-state index < -0.39 is 5.97 Å². The Bertz CT molecular complexity index is 430. The third-order valence-corrected chi connectivity index (χ3v) is 3.53. The molecule has 0 radical (unpaired) electrons. The van der Waals surface area contributed by atoms with Crippen molar-refractivity contribution in [1.82, 2.24) is 4.90 Å². The van der Waals surface area contributed by atoms with E-state index in [9.17, 15) is 9.59 Å². The van der Waals surface area contributed by atoms with Gasteiger partial charge in [0, 0.05) is 11.9 Å². The predicted octanol–water partition coefficient (Wildman–Crippen LogP) is 2.02. The molecule has 1 rings (SSSR count). The summed E-state index contributed by atoms with van der Waals surface area (Å²) in [5, 5.41) is 8.34. The summed E-state index contributed by atoms with van der Waals surface area (Å²) in [6, 6.07) is 7.89. The van der Waals surface area contributed by atoms with Crippen LogP contribution < -0.4 is 0 Å². The first-order valence-corrected chi connectivity index (χ1v) is 6.48. The number of benzene rings is 1. The van der Waals surface area contributed by atoms with Crippen molar-refractivity contribution in [2.45, 2.75) is 24.0 Å². The number of aryl methyl sites for hydroxylation is 1. The highest BCUT2D eigenvalue weighted by Crippen LogP contribution is 2.24. The van der Waals surface area contributed by atoms with Gasteiger partial charge >= 0.3 is 5.97 Å². The fourth-order valence-electron chi connectivity index (χ4n) is 1.46. The van der Waals surface area contributed by atoms with E-state index in [2.05, 4.69) is 0 Å².